The maximum Gasteiger partial charge on any atom is 0.320 e. The van der Waals surface area contributed by atoms with E-state index in [1.54, 1.807) is 18.2 Å². The summed E-state index contributed by atoms with van der Waals surface area (Å²) in [7, 11) is 0. The smallest absolute Gasteiger partial charge is 0.320 e. The van der Waals surface area contributed by atoms with Crippen LogP contribution >= 0.6 is 12.4 Å². The van der Waals surface area contributed by atoms with Crippen molar-refractivity contribution in [1.29, 1.82) is 0 Å². The van der Waals surface area contributed by atoms with Crippen LogP contribution in [-0.2, 0) is 11.3 Å². The van der Waals surface area contributed by atoms with Gasteiger partial charge >= 0.3 is 5.97 Å². The van der Waals surface area contributed by atoms with Crippen molar-refractivity contribution in [3.05, 3.63) is 39.9 Å². The zero-order chi connectivity index (χ0) is 13.8. The van der Waals surface area contributed by atoms with Crippen molar-refractivity contribution in [2.45, 2.75) is 31.8 Å². The molecule has 6 nitrogen and oxygen atoms in total. The molecule has 0 bridgehead atoms. The van der Waals surface area contributed by atoms with Gasteiger partial charge in [-0.15, -0.1) is 12.4 Å². The van der Waals surface area contributed by atoms with Crippen LogP contribution in [0.25, 0.3) is 0 Å². The maximum absolute atomic E-state index is 11.2. The Morgan fingerprint density at radius 3 is 2.75 bits per heavy atom. The number of hydrogen-bond donors (Lipinski definition) is 1. The fourth-order valence-electron chi connectivity index (χ4n) is 2.50. The molecule has 2 rings (SSSR count). The first-order valence-electron chi connectivity index (χ1n) is 6.28. The predicted molar refractivity (Wildman–Crippen MR) is 76.0 cm³/mol. The number of hydrogen-bond acceptors (Lipinski definition) is 4. The van der Waals surface area contributed by atoms with Gasteiger partial charge in [0.25, 0.3) is 5.69 Å². The lowest BCUT2D eigenvalue weighted by molar-refractivity contribution is -0.385. The minimum absolute atomic E-state index is 0. The monoisotopic (exact) mass is 300 g/mol. The zero-order valence-electron chi connectivity index (χ0n) is 10.9. The van der Waals surface area contributed by atoms with Gasteiger partial charge in [0.15, 0.2) is 0 Å². The zero-order valence-corrected chi connectivity index (χ0v) is 11.7. The SMILES string of the molecule is Cl.O=C(O)C1CCCCN1Cc1ccccc1[N+](=O)[O-]. The van der Waals surface area contributed by atoms with Gasteiger partial charge in [-0.3, -0.25) is 19.8 Å². The average molecular weight is 301 g/mol. The van der Waals surface area contributed by atoms with Crippen LogP contribution < -0.4 is 0 Å². The Balaban J connectivity index is 0.00000200. The Kier molecular flexibility index (Phi) is 5.91. The van der Waals surface area contributed by atoms with Gasteiger partial charge in [0, 0.05) is 18.2 Å². The fourth-order valence-corrected chi connectivity index (χ4v) is 2.50. The van der Waals surface area contributed by atoms with Crippen LogP contribution in [0.3, 0.4) is 0 Å². The summed E-state index contributed by atoms with van der Waals surface area (Å²) in [6, 6.07) is 5.96. The molecule has 1 atom stereocenters. The number of carboxylic acids is 1. The molecule has 1 aliphatic rings. The van der Waals surface area contributed by atoms with E-state index < -0.39 is 16.9 Å². The van der Waals surface area contributed by atoms with E-state index in [1.165, 1.54) is 6.07 Å². The molecule has 1 aromatic rings. The molecule has 1 unspecified atom stereocenters. The Labute approximate surface area is 123 Å². The molecule has 0 amide bonds. The molecular weight excluding hydrogens is 284 g/mol. The summed E-state index contributed by atoms with van der Waals surface area (Å²) < 4.78 is 0. The summed E-state index contributed by atoms with van der Waals surface area (Å²) in [6.45, 7) is 0.983. The minimum Gasteiger partial charge on any atom is -0.480 e. The first kappa shape index (κ1) is 16.4. The second-order valence-corrected chi connectivity index (χ2v) is 4.71. The number of nitro benzene ring substituents is 1. The first-order valence-corrected chi connectivity index (χ1v) is 6.28. The quantitative estimate of drug-likeness (QED) is 0.682. The van der Waals surface area contributed by atoms with E-state index >= 15 is 0 Å². The second kappa shape index (κ2) is 7.21. The average Bonchev–Trinajstić information content (AvgIpc) is 2.39. The highest BCUT2D eigenvalue weighted by molar-refractivity contribution is 5.85. The molecule has 0 aliphatic carbocycles. The first-order chi connectivity index (χ1) is 9.09. The number of nitro groups is 1. The van der Waals surface area contributed by atoms with Crippen LogP contribution in [0.5, 0.6) is 0 Å². The minimum atomic E-state index is -0.849. The van der Waals surface area contributed by atoms with Crippen LogP contribution in [0.15, 0.2) is 24.3 Å². The number of aliphatic carboxylic acids is 1. The highest BCUT2D eigenvalue weighted by atomic mass is 35.5. The van der Waals surface area contributed by atoms with Gasteiger partial charge in [0.2, 0.25) is 0 Å². The molecule has 7 heteroatoms. The van der Waals surface area contributed by atoms with E-state index in [2.05, 4.69) is 0 Å². The van der Waals surface area contributed by atoms with E-state index in [4.69, 9.17) is 0 Å². The topological polar surface area (TPSA) is 83.7 Å². The van der Waals surface area contributed by atoms with Crippen LogP contribution in [0, 0.1) is 10.1 Å². The van der Waals surface area contributed by atoms with Crippen molar-refractivity contribution in [3.63, 3.8) is 0 Å². The third kappa shape index (κ3) is 3.68. The molecular formula is C13H17ClN2O4. The summed E-state index contributed by atoms with van der Waals surface area (Å²) >= 11 is 0. The molecule has 0 spiro atoms. The van der Waals surface area contributed by atoms with Crippen LogP contribution in [0.4, 0.5) is 5.69 Å². The third-order valence-corrected chi connectivity index (χ3v) is 3.46. The standard InChI is InChI=1S/C13H16N2O4.ClH/c16-13(17)12-7-3-4-8-14(12)9-10-5-1-2-6-11(10)15(18)19;/h1-2,5-6,12H,3-4,7-9H2,(H,16,17);1H. The van der Waals surface area contributed by atoms with E-state index in [9.17, 15) is 20.0 Å². The Hall–Kier alpha value is -1.66. The summed E-state index contributed by atoms with van der Waals surface area (Å²) in [4.78, 5) is 23.5. The van der Waals surface area contributed by atoms with E-state index in [-0.39, 0.29) is 18.1 Å². The molecule has 0 radical (unpaired) electrons. The lowest BCUT2D eigenvalue weighted by Crippen LogP contribution is -2.44. The van der Waals surface area contributed by atoms with E-state index in [0.29, 0.717) is 25.1 Å². The number of halogens is 1. The number of piperidine rings is 1. The largest absolute Gasteiger partial charge is 0.480 e. The molecule has 0 aromatic heterocycles. The molecule has 20 heavy (non-hydrogen) atoms. The number of rotatable bonds is 4. The van der Waals surface area contributed by atoms with Crippen molar-refractivity contribution in [1.82, 2.24) is 4.90 Å². The fraction of sp³-hybridized carbons (Fsp3) is 0.462. The van der Waals surface area contributed by atoms with Crippen LogP contribution in [0.2, 0.25) is 0 Å². The van der Waals surface area contributed by atoms with Gasteiger partial charge in [0.1, 0.15) is 6.04 Å². The summed E-state index contributed by atoms with van der Waals surface area (Å²) in [5.41, 5.74) is 0.623. The van der Waals surface area contributed by atoms with E-state index in [0.717, 1.165) is 12.8 Å². The Morgan fingerprint density at radius 2 is 2.10 bits per heavy atom. The molecule has 1 fully saturated rings. The number of carbonyl (C=O) groups is 1. The lowest BCUT2D eigenvalue weighted by atomic mass is 10.0. The molecule has 110 valence electrons. The molecule has 1 N–H and O–H groups in total. The number of nitrogens with zero attached hydrogens (tertiary/aromatic N) is 2. The highest BCUT2D eigenvalue weighted by Crippen LogP contribution is 2.24. The van der Waals surface area contributed by atoms with Crippen molar-refractivity contribution in [2.24, 2.45) is 0 Å². The maximum atomic E-state index is 11.2. The summed E-state index contributed by atoms with van der Waals surface area (Å²) in [5, 5.41) is 20.1. The van der Waals surface area contributed by atoms with Crippen molar-refractivity contribution >= 4 is 24.1 Å². The van der Waals surface area contributed by atoms with Gasteiger partial charge in [-0.25, -0.2) is 0 Å². The molecule has 1 aromatic carbocycles. The van der Waals surface area contributed by atoms with E-state index in [1.807, 2.05) is 4.90 Å². The normalized spacial score (nSPS) is 19.1. The van der Waals surface area contributed by atoms with Crippen molar-refractivity contribution in [3.8, 4) is 0 Å². The molecule has 1 heterocycles. The molecule has 1 saturated heterocycles. The Morgan fingerprint density at radius 1 is 1.40 bits per heavy atom. The van der Waals surface area contributed by atoms with Gasteiger partial charge in [-0.2, -0.15) is 0 Å². The number of para-hydroxylation sites is 1. The number of carboxylic acid groups (broad SMARTS) is 1. The van der Waals surface area contributed by atoms with Gasteiger partial charge in [-0.05, 0) is 19.4 Å². The lowest BCUT2D eigenvalue weighted by Gasteiger charge is -2.32. The summed E-state index contributed by atoms with van der Waals surface area (Å²) in [6.07, 6.45) is 2.44. The summed E-state index contributed by atoms with van der Waals surface area (Å²) in [5.74, 6) is -0.849. The highest BCUT2D eigenvalue weighted by Gasteiger charge is 2.29. The molecule has 0 saturated carbocycles. The van der Waals surface area contributed by atoms with Gasteiger partial charge < -0.3 is 5.11 Å². The van der Waals surface area contributed by atoms with Crippen LogP contribution in [0.1, 0.15) is 24.8 Å². The number of benzene rings is 1. The molecule has 1 aliphatic heterocycles. The Bertz CT molecular complexity index is 495. The number of likely N-dealkylation sites (tertiary alicyclic amines) is 1. The van der Waals surface area contributed by atoms with Crippen molar-refractivity contribution < 1.29 is 14.8 Å². The van der Waals surface area contributed by atoms with Gasteiger partial charge in [-0.1, -0.05) is 24.6 Å². The van der Waals surface area contributed by atoms with Gasteiger partial charge in [0.05, 0.1) is 4.92 Å². The second-order valence-electron chi connectivity index (χ2n) is 4.71. The predicted octanol–water partition coefficient (Wildman–Crippen LogP) is 2.46. The third-order valence-electron chi connectivity index (χ3n) is 3.46. The van der Waals surface area contributed by atoms with Crippen LogP contribution in [-0.4, -0.2) is 33.5 Å². The van der Waals surface area contributed by atoms with Crippen molar-refractivity contribution in [2.75, 3.05) is 6.54 Å².